The van der Waals surface area contributed by atoms with Crippen LogP contribution in [0.1, 0.15) is 17.4 Å². The summed E-state index contributed by atoms with van der Waals surface area (Å²) in [7, 11) is 3.18. The monoisotopic (exact) mass is 287 g/mol. The van der Waals surface area contributed by atoms with Crippen LogP contribution in [0.4, 0.5) is 0 Å². The van der Waals surface area contributed by atoms with E-state index in [2.05, 4.69) is 9.97 Å². The van der Waals surface area contributed by atoms with Crippen molar-refractivity contribution in [3.05, 3.63) is 23.2 Å². The van der Waals surface area contributed by atoms with E-state index < -0.39 is 0 Å². The fourth-order valence-corrected chi connectivity index (χ4v) is 1.78. The van der Waals surface area contributed by atoms with Crippen molar-refractivity contribution in [3.8, 4) is 0 Å². The molecule has 0 saturated heterocycles. The van der Waals surface area contributed by atoms with Gasteiger partial charge in [0, 0.05) is 20.8 Å². The van der Waals surface area contributed by atoms with Crippen LogP contribution in [0.2, 0.25) is 5.15 Å². The molecular weight excluding hydrogens is 270 g/mol. The molecule has 0 aliphatic rings. The molecule has 106 valence electrons. The Morgan fingerprint density at radius 1 is 1.42 bits per heavy atom. The van der Waals surface area contributed by atoms with Gasteiger partial charge in [0.25, 0.3) is 5.91 Å². The molecule has 0 aromatic carbocycles. The van der Waals surface area contributed by atoms with Crippen LogP contribution in [0.15, 0.2) is 12.4 Å². The number of amides is 1. The average molecular weight is 288 g/mol. The first-order valence-electron chi connectivity index (χ1n) is 5.86. The lowest BCUT2D eigenvalue weighted by Crippen LogP contribution is -2.43. The summed E-state index contributed by atoms with van der Waals surface area (Å²) in [5.41, 5.74) is 0.214. The summed E-state index contributed by atoms with van der Waals surface area (Å²) in [5, 5.41) is 0.192. The molecule has 0 aliphatic heterocycles. The van der Waals surface area contributed by atoms with Gasteiger partial charge in [0.05, 0.1) is 31.6 Å². The lowest BCUT2D eigenvalue weighted by molar-refractivity contribution is 0.0474. The number of hydrogen-bond donors (Lipinski definition) is 0. The molecule has 1 amide bonds. The van der Waals surface area contributed by atoms with E-state index in [1.807, 2.05) is 6.92 Å². The maximum atomic E-state index is 12.4. The minimum absolute atomic E-state index is 0.0894. The highest BCUT2D eigenvalue weighted by Crippen LogP contribution is 2.09. The Labute approximate surface area is 117 Å². The molecule has 0 bridgehead atoms. The summed E-state index contributed by atoms with van der Waals surface area (Å²) in [4.78, 5) is 21.8. The number of methoxy groups -OCH3 is 2. The van der Waals surface area contributed by atoms with Crippen LogP contribution in [-0.4, -0.2) is 60.8 Å². The summed E-state index contributed by atoms with van der Waals surface area (Å²) in [6, 6.07) is -0.0894. The molecule has 0 N–H and O–H groups in total. The zero-order valence-electron chi connectivity index (χ0n) is 11.3. The zero-order chi connectivity index (χ0) is 14.3. The first kappa shape index (κ1) is 15.8. The van der Waals surface area contributed by atoms with E-state index in [9.17, 15) is 4.79 Å². The number of halogens is 1. The van der Waals surface area contributed by atoms with Crippen LogP contribution in [0.25, 0.3) is 0 Å². The van der Waals surface area contributed by atoms with Crippen LogP contribution in [-0.2, 0) is 9.47 Å². The van der Waals surface area contributed by atoms with E-state index in [1.165, 1.54) is 12.4 Å². The predicted molar refractivity (Wildman–Crippen MR) is 71.3 cm³/mol. The van der Waals surface area contributed by atoms with Crippen molar-refractivity contribution in [2.45, 2.75) is 13.0 Å². The molecule has 0 aliphatic carbocycles. The Morgan fingerprint density at radius 2 is 2.16 bits per heavy atom. The Hall–Kier alpha value is -1.24. The fourth-order valence-electron chi connectivity index (χ4n) is 1.64. The van der Waals surface area contributed by atoms with Crippen molar-refractivity contribution in [1.82, 2.24) is 14.9 Å². The van der Waals surface area contributed by atoms with Gasteiger partial charge in [-0.05, 0) is 6.92 Å². The van der Waals surface area contributed by atoms with Gasteiger partial charge in [-0.25, -0.2) is 4.98 Å². The van der Waals surface area contributed by atoms with Gasteiger partial charge < -0.3 is 14.4 Å². The topological polar surface area (TPSA) is 64.5 Å². The SMILES string of the molecule is COCCN(C(=O)c1cncc(Cl)n1)C(C)COC. The van der Waals surface area contributed by atoms with E-state index in [1.54, 1.807) is 19.1 Å². The van der Waals surface area contributed by atoms with E-state index in [4.69, 9.17) is 21.1 Å². The highest BCUT2D eigenvalue weighted by Gasteiger charge is 2.22. The standard InChI is InChI=1S/C12H18ClN3O3/c1-9(8-19-3)16(4-5-18-2)12(17)10-6-14-7-11(13)15-10/h6-7,9H,4-5,8H2,1-3H3. The number of carbonyl (C=O) groups is 1. The van der Waals surface area contributed by atoms with Crippen molar-refractivity contribution in [1.29, 1.82) is 0 Å². The minimum Gasteiger partial charge on any atom is -0.383 e. The third-order valence-electron chi connectivity index (χ3n) is 2.56. The molecule has 1 unspecified atom stereocenters. The molecule has 1 atom stereocenters. The van der Waals surface area contributed by atoms with E-state index in [0.717, 1.165) is 0 Å². The molecular formula is C12H18ClN3O3. The van der Waals surface area contributed by atoms with Gasteiger partial charge in [-0.3, -0.25) is 9.78 Å². The first-order chi connectivity index (χ1) is 9.10. The van der Waals surface area contributed by atoms with Gasteiger partial charge >= 0.3 is 0 Å². The van der Waals surface area contributed by atoms with E-state index in [-0.39, 0.29) is 22.8 Å². The number of carbonyl (C=O) groups excluding carboxylic acids is 1. The van der Waals surface area contributed by atoms with Crippen molar-refractivity contribution >= 4 is 17.5 Å². The molecule has 19 heavy (non-hydrogen) atoms. The van der Waals surface area contributed by atoms with Gasteiger partial charge in [0.15, 0.2) is 0 Å². The summed E-state index contributed by atoms with van der Waals surface area (Å²) < 4.78 is 10.1. The summed E-state index contributed by atoms with van der Waals surface area (Å²) in [6.07, 6.45) is 2.78. The number of nitrogens with zero attached hydrogens (tertiary/aromatic N) is 3. The summed E-state index contributed by atoms with van der Waals surface area (Å²) in [5.74, 6) is -0.239. The molecule has 1 aromatic heterocycles. The molecule has 1 rings (SSSR count). The van der Waals surface area contributed by atoms with Crippen molar-refractivity contribution < 1.29 is 14.3 Å². The van der Waals surface area contributed by atoms with Crippen LogP contribution < -0.4 is 0 Å². The number of hydrogen-bond acceptors (Lipinski definition) is 5. The fraction of sp³-hybridized carbons (Fsp3) is 0.583. The number of aromatic nitrogens is 2. The molecule has 0 saturated carbocycles. The molecule has 0 radical (unpaired) electrons. The Morgan fingerprint density at radius 3 is 2.74 bits per heavy atom. The highest BCUT2D eigenvalue weighted by atomic mass is 35.5. The Bertz CT molecular complexity index is 417. The second-order valence-corrected chi connectivity index (χ2v) is 4.41. The molecule has 7 heteroatoms. The van der Waals surface area contributed by atoms with Gasteiger partial charge in [-0.2, -0.15) is 0 Å². The largest absolute Gasteiger partial charge is 0.383 e. The maximum absolute atomic E-state index is 12.4. The summed E-state index contributed by atoms with van der Waals surface area (Å²) in [6.45, 7) is 3.22. The molecule has 1 heterocycles. The maximum Gasteiger partial charge on any atom is 0.274 e. The number of rotatable bonds is 7. The third kappa shape index (κ3) is 4.74. The minimum atomic E-state index is -0.239. The normalized spacial score (nSPS) is 12.2. The van der Waals surface area contributed by atoms with E-state index >= 15 is 0 Å². The van der Waals surface area contributed by atoms with Crippen LogP contribution in [0.3, 0.4) is 0 Å². The molecule has 0 fully saturated rings. The lowest BCUT2D eigenvalue weighted by atomic mass is 10.2. The summed E-state index contributed by atoms with van der Waals surface area (Å²) >= 11 is 5.74. The second kappa shape index (κ2) is 8.04. The van der Waals surface area contributed by atoms with Crippen molar-refractivity contribution in [2.75, 3.05) is 34.0 Å². The second-order valence-electron chi connectivity index (χ2n) is 4.02. The van der Waals surface area contributed by atoms with Gasteiger partial charge in [0.2, 0.25) is 0 Å². The average Bonchev–Trinajstić information content (AvgIpc) is 2.39. The van der Waals surface area contributed by atoms with Crippen LogP contribution in [0, 0.1) is 0 Å². The van der Waals surface area contributed by atoms with Gasteiger partial charge in [0.1, 0.15) is 10.8 Å². The Balaban J connectivity index is 2.86. The quantitative estimate of drug-likeness (QED) is 0.755. The van der Waals surface area contributed by atoms with Crippen LogP contribution >= 0.6 is 11.6 Å². The van der Waals surface area contributed by atoms with Crippen molar-refractivity contribution in [3.63, 3.8) is 0 Å². The Kier molecular flexibility index (Phi) is 6.69. The van der Waals surface area contributed by atoms with Crippen molar-refractivity contribution in [2.24, 2.45) is 0 Å². The molecule has 6 nitrogen and oxygen atoms in total. The number of ether oxygens (including phenoxy) is 2. The van der Waals surface area contributed by atoms with Gasteiger partial charge in [-0.1, -0.05) is 11.6 Å². The smallest absolute Gasteiger partial charge is 0.274 e. The highest BCUT2D eigenvalue weighted by molar-refractivity contribution is 6.29. The first-order valence-corrected chi connectivity index (χ1v) is 6.24. The molecule has 0 spiro atoms. The predicted octanol–water partition coefficient (Wildman–Crippen LogP) is 1.25. The third-order valence-corrected chi connectivity index (χ3v) is 2.74. The molecule has 1 aromatic rings. The van der Waals surface area contributed by atoms with Crippen LogP contribution in [0.5, 0.6) is 0 Å². The lowest BCUT2D eigenvalue weighted by Gasteiger charge is -2.28. The zero-order valence-corrected chi connectivity index (χ0v) is 12.1. The van der Waals surface area contributed by atoms with Gasteiger partial charge in [-0.15, -0.1) is 0 Å². The van der Waals surface area contributed by atoms with E-state index in [0.29, 0.717) is 19.8 Å².